The summed E-state index contributed by atoms with van der Waals surface area (Å²) < 4.78 is 44.2. The van der Waals surface area contributed by atoms with Crippen molar-refractivity contribution in [3.05, 3.63) is 39.1 Å². The Morgan fingerprint density at radius 2 is 1.74 bits per heavy atom. The van der Waals surface area contributed by atoms with Crippen LogP contribution in [0.2, 0.25) is 0 Å². The molecule has 2 heterocycles. The first kappa shape index (κ1) is 31.8. The monoisotopic (exact) mass is 620 g/mol. The van der Waals surface area contributed by atoms with Crippen molar-refractivity contribution >= 4 is 44.6 Å². The number of amides is 2. The molecular weight excluding hydrogens is 586 g/mol. The highest BCUT2D eigenvalue weighted by molar-refractivity contribution is 9.11. The summed E-state index contributed by atoms with van der Waals surface area (Å²) in [6, 6.07) is 2.04. The van der Waals surface area contributed by atoms with E-state index in [0.29, 0.717) is 20.2 Å². The average molecular weight is 622 g/mol. The predicted molar refractivity (Wildman–Crippen MR) is 145 cm³/mol. The second-order valence-electron chi connectivity index (χ2n) is 10.7. The van der Waals surface area contributed by atoms with Crippen LogP contribution in [0, 0.1) is 0 Å². The van der Waals surface area contributed by atoms with Gasteiger partial charge in [0.15, 0.2) is 5.13 Å². The maximum absolute atomic E-state index is 13.6. The number of ether oxygens (including phenoxy) is 3. The Hall–Kier alpha value is -2.38. The van der Waals surface area contributed by atoms with E-state index in [1.807, 2.05) is 0 Å². The first-order chi connectivity index (χ1) is 17.4. The highest BCUT2D eigenvalue weighted by atomic mass is 79.9. The SMILES string of the molecule is COCc1nc(N(CC(Cc2ccc(C(C)(F)F)nc2)NC(=O)OC(C)(C)C)C(=O)OC(C)(C)C)sc1Br. The van der Waals surface area contributed by atoms with Gasteiger partial charge in [0.05, 0.1) is 28.7 Å². The number of pyridine rings is 1. The molecule has 2 aromatic rings. The van der Waals surface area contributed by atoms with Crippen molar-refractivity contribution in [3.8, 4) is 0 Å². The minimum atomic E-state index is -3.08. The molecule has 13 heteroatoms. The third-order valence-corrected chi connectivity index (χ3v) is 6.50. The molecule has 212 valence electrons. The molecule has 0 saturated heterocycles. The number of nitrogens with one attached hydrogen (secondary N) is 1. The van der Waals surface area contributed by atoms with Crippen LogP contribution in [0.4, 0.5) is 23.5 Å². The van der Waals surface area contributed by atoms with Gasteiger partial charge in [0.1, 0.15) is 16.9 Å². The molecular formula is C25H35BrF2N4O5S. The molecule has 0 aliphatic rings. The van der Waals surface area contributed by atoms with Crippen LogP contribution in [0.5, 0.6) is 0 Å². The Labute approximate surface area is 234 Å². The number of hydrogen-bond donors (Lipinski definition) is 1. The van der Waals surface area contributed by atoms with E-state index >= 15 is 0 Å². The molecule has 1 atom stereocenters. The van der Waals surface area contributed by atoms with Crippen molar-refractivity contribution in [2.75, 3.05) is 18.6 Å². The van der Waals surface area contributed by atoms with E-state index in [4.69, 9.17) is 14.2 Å². The second kappa shape index (κ2) is 12.6. The van der Waals surface area contributed by atoms with Gasteiger partial charge in [-0.05, 0) is 75.5 Å². The Bertz CT molecular complexity index is 1100. The molecule has 1 unspecified atom stereocenters. The molecule has 0 aliphatic carbocycles. The molecule has 2 amide bonds. The molecule has 0 spiro atoms. The second-order valence-corrected chi connectivity index (χ2v) is 13.0. The summed E-state index contributed by atoms with van der Waals surface area (Å²) in [5.74, 6) is -3.08. The summed E-state index contributed by atoms with van der Waals surface area (Å²) in [4.78, 5) is 35.7. The lowest BCUT2D eigenvalue weighted by Crippen LogP contribution is -2.49. The largest absolute Gasteiger partial charge is 0.444 e. The van der Waals surface area contributed by atoms with Gasteiger partial charge < -0.3 is 19.5 Å². The van der Waals surface area contributed by atoms with Crippen molar-refractivity contribution in [2.24, 2.45) is 0 Å². The summed E-state index contributed by atoms with van der Waals surface area (Å²) in [7, 11) is 1.53. The van der Waals surface area contributed by atoms with E-state index in [0.717, 1.165) is 6.92 Å². The number of thiazole rings is 1. The summed E-state index contributed by atoms with van der Waals surface area (Å²) in [5.41, 5.74) is -0.753. The fourth-order valence-electron chi connectivity index (χ4n) is 3.16. The number of carbonyl (C=O) groups is 2. The van der Waals surface area contributed by atoms with Crippen LogP contribution in [0.15, 0.2) is 22.1 Å². The summed E-state index contributed by atoms with van der Waals surface area (Å²) in [5, 5.41) is 3.11. The maximum Gasteiger partial charge on any atom is 0.416 e. The first-order valence-corrected chi connectivity index (χ1v) is 13.5. The van der Waals surface area contributed by atoms with Gasteiger partial charge in [0.25, 0.3) is 5.92 Å². The number of halogens is 3. The highest BCUT2D eigenvalue weighted by Crippen LogP contribution is 2.33. The van der Waals surface area contributed by atoms with Gasteiger partial charge in [-0.3, -0.25) is 9.88 Å². The van der Waals surface area contributed by atoms with Gasteiger partial charge in [-0.15, -0.1) is 0 Å². The van der Waals surface area contributed by atoms with Gasteiger partial charge in [0.2, 0.25) is 0 Å². The lowest BCUT2D eigenvalue weighted by molar-refractivity contribution is 0.0127. The maximum atomic E-state index is 13.6. The first-order valence-electron chi connectivity index (χ1n) is 11.9. The van der Waals surface area contributed by atoms with Crippen LogP contribution in [-0.4, -0.2) is 53.1 Å². The summed E-state index contributed by atoms with van der Waals surface area (Å²) in [6.07, 6.45) is 0.123. The zero-order chi connectivity index (χ0) is 28.9. The third kappa shape index (κ3) is 10.4. The molecule has 0 bridgehead atoms. The smallest absolute Gasteiger partial charge is 0.416 e. The molecule has 38 heavy (non-hydrogen) atoms. The van der Waals surface area contributed by atoms with Gasteiger partial charge in [-0.2, -0.15) is 8.78 Å². The molecule has 0 radical (unpaired) electrons. The van der Waals surface area contributed by atoms with Crippen molar-refractivity contribution < 1.29 is 32.6 Å². The lowest BCUT2D eigenvalue weighted by Gasteiger charge is -2.30. The summed E-state index contributed by atoms with van der Waals surface area (Å²) >= 11 is 4.66. The summed E-state index contributed by atoms with van der Waals surface area (Å²) in [6.45, 7) is 11.3. The molecule has 0 aliphatic heterocycles. The van der Waals surface area contributed by atoms with Gasteiger partial charge in [-0.1, -0.05) is 17.4 Å². The van der Waals surface area contributed by atoms with Crippen molar-refractivity contribution in [2.45, 2.75) is 84.7 Å². The third-order valence-electron chi connectivity index (χ3n) is 4.64. The number of methoxy groups -OCH3 is 1. The van der Waals surface area contributed by atoms with E-state index in [1.165, 1.54) is 41.7 Å². The number of aromatic nitrogens is 2. The number of hydrogen-bond acceptors (Lipinski definition) is 8. The molecule has 0 saturated carbocycles. The van der Waals surface area contributed by atoms with Gasteiger partial charge in [-0.25, -0.2) is 14.6 Å². The fourth-order valence-corrected chi connectivity index (χ4v) is 4.59. The number of alkyl halides is 2. The fraction of sp³-hybridized carbons (Fsp3) is 0.600. The molecule has 2 aromatic heterocycles. The van der Waals surface area contributed by atoms with E-state index < -0.39 is 35.4 Å². The predicted octanol–water partition coefficient (Wildman–Crippen LogP) is 6.44. The highest BCUT2D eigenvalue weighted by Gasteiger charge is 2.31. The van der Waals surface area contributed by atoms with Crippen LogP contribution in [-0.2, 0) is 33.2 Å². The normalized spacial score (nSPS) is 13.1. The van der Waals surface area contributed by atoms with Crippen LogP contribution >= 0.6 is 27.3 Å². The molecule has 0 aromatic carbocycles. The van der Waals surface area contributed by atoms with E-state index in [9.17, 15) is 18.4 Å². The number of rotatable bonds is 9. The minimum absolute atomic E-state index is 0.0494. The molecule has 2 rings (SSSR count). The van der Waals surface area contributed by atoms with Crippen molar-refractivity contribution in [3.63, 3.8) is 0 Å². The van der Waals surface area contributed by atoms with E-state index in [1.54, 1.807) is 41.5 Å². The Morgan fingerprint density at radius 1 is 1.11 bits per heavy atom. The average Bonchev–Trinajstić information content (AvgIpc) is 3.09. The Balaban J connectivity index is 2.42. The molecule has 1 N–H and O–H groups in total. The van der Waals surface area contributed by atoms with Crippen LogP contribution in [0.1, 0.15) is 65.4 Å². The van der Waals surface area contributed by atoms with Crippen molar-refractivity contribution in [1.82, 2.24) is 15.3 Å². The van der Waals surface area contributed by atoms with E-state index in [-0.39, 0.29) is 25.3 Å². The zero-order valence-corrected chi connectivity index (χ0v) is 25.3. The zero-order valence-electron chi connectivity index (χ0n) is 22.9. The standard InChI is InChI=1S/C25H35BrF2N4O5S/c1-23(2,3)36-21(33)30-16(11-15-9-10-18(29-12-15)25(7,27)28)13-32(22(34)37-24(4,5)6)20-31-17(14-35-8)19(26)38-20/h9-10,12,16H,11,13-14H2,1-8H3,(H,30,33). The van der Waals surface area contributed by atoms with Gasteiger partial charge in [0, 0.05) is 20.2 Å². The number of anilines is 1. The van der Waals surface area contributed by atoms with Crippen molar-refractivity contribution in [1.29, 1.82) is 0 Å². The van der Waals surface area contributed by atoms with Gasteiger partial charge >= 0.3 is 12.2 Å². The quantitative estimate of drug-likeness (QED) is 0.344. The molecule has 0 fully saturated rings. The Morgan fingerprint density at radius 3 is 2.24 bits per heavy atom. The Kier molecular flexibility index (Phi) is 10.6. The van der Waals surface area contributed by atoms with Crippen LogP contribution < -0.4 is 10.2 Å². The van der Waals surface area contributed by atoms with E-state index in [2.05, 4.69) is 31.2 Å². The number of alkyl carbamates (subject to hydrolysis) is 1. The molecule has 9 nitrogen and oxygen atoms in total. The number of carbonyl (C=O) groups excluding carboxylic acids is 2. The lowest BCUT2D eigenvalue weighted by atomic mass is 10.1. The topological polar surface area (TPSA) is 103 Å². The minimum Gasteiger partial charge on any atom is -0.444 e. The number of nitrogens with zero attached hydrogens (tertiary/aromatic N) is 3. The van der Waals surface area contributed by atoms with Crippen LogP contribution in [0.25, 0.3) is 0 Å². The van der Waals surface area contributed by atoms with Crippen LogP contribution in [0.3, 0.4) is 0 Å².